The van der Waals surface area contributed by atoms with Crippen molar-refractivity contribution >= 4 is 49.3 Å². The third-order valence-electron chi connectivity index (χ3n) is 8.30. The highest BCUT2D eigenvalue weighted by Gasteiger charge is 2.26. The van der Waals surface area contributed by atoms with E-state index in [-0.39, 0.29) is 13.2 Å². The predicted molar refractivity (Wildman–Crippen MR) is 214 cm³/mol. The fraction of sp³-hybridized carbons (Fsp3) is 0.136. The van der Waals surface area contributed by atoms with Gasteiger partial charge in [-0.1, -0.05) is 182 Å². The van der Waals surface area contributed by atoms with Crippen LogP contribution in [0.25, 0.3) is 0 Å². The Bertz CT molecular complexity index is 1710. The number of amides is 2. The van der Waals surface area contributed by atoms with Gasteiger partial charge >= 0.3 is 11.8 Å². The molecule has 0 bridgehead atoms. The molecule has 0 aliphatic carbocycles. The third kappa shape index (κ3) is 11.0. The number of hydrogen-bond donors (Lipinski definition) is 2. The number of carbonyl (C=O) groups is 2. The summed E-state index contributed by atoms with van der Waals surface area (Å²) >= 11 is 0. The van der Waals surface area contributed by atoms with Crippen LogP contribution in [0.1, 0.15) is 11.1 Å². The molecule has 8 heteroatoms. The summed E-state index contributed by atoms with van der Waals surface area (Å²) in [6.07, 6.45) is 1.00. The van der Waals surface area contributed by atoms with Gasteiger partial charge in [0.1, 0.15) is 0 Å². The summed E-state index contributed by atoms with van der Waals surface area (Å²) in [6, 6.07) is 59.4. The lowest BCUT2D eigenvalue weighted by Crippen LogP contribution is -2.50. The maximum absolute atomic E-state index is 13.7. The van der Waals surface area contributed by atoms with Gasteiger partial charge in [-0.05, 0) is 24.0 Å². The highest BCUT2D eigenvalue weighted by Crippen LogP contribution is 2.36. The van der Waals surface area contributed by atoms with Gasteiger partial charge in [-0.2, -0.15) is 0 Å². The van der Waals surface area contributed by atoms with Crippen molar-refractivity contribution in [3.63, 3.8) is 0 Å². The van der Waals surface area contributed by atoms with Gasteiger partial charge in [0, 0.05) is 21.2 Å². The Labute approximate surface area is 308 Å². The van der Waals surface area contributed by atoms with Gasteiger partial charge in [-0.25, -0.2) is 0 Å². The molecule has 0 saturated carbocycles. The Morgan fingerprint density at radius 3 is 0.923 bits per heavy atom. The molecule has 0 aliphatic rings. The molecule has 0 fully saturated rings. The molecule has 262 valence electrons. The Balaban J connectivity index is 1.18. The molecule has 0 saturated heterocycles. The molecule has 2 N–H and O–H groups in total. The van der Waals surface area contributed by atoms with Crippen LogP contribution in [0, 0.1) is 0 Å². The van der Waals surface area contributed by atoms with Crippen molar-refractivity contribution < 1.29 is 18.6 Å². The largest absolute Gasteiger partial charge is 0.347 e. The fourth-order valence-electron chi connectivity index (χ4n) is 5.78. The summed E-state index contributed by atoms with van der Waals surface area (Å²) in [7, 11) is -2.31. The quantitative estimate of drug-likeness (QED) is 0.0876. The van der Waals surface area contributed by atoms with Crippen LogP contribution < -0.4 is 31.9 Å². The Morgan fingerprint density at radius 1 is 0.404 bits per heavy atom. The molecular weight excluding hydrogens is 682 g/mol. The molecule has 0 heterocycles. The molecule has 6 nitrogen and oxygen atoms in total. The van der Waals surface area contributed by atoms with Gasteiger partial charge in [0.15, 0.2) is 0 Å². The summed E-state index contributed by atoms with van der Waals surface area (Å²) in [5.74, 6) is -1.42. The minimum absolute atomic E-state index is 0.221. The topological polar surface area (TPSA) is 76.7 Å². The molecule has 6 aromatic rings. The molecule has 2 atom stereocenters. The van der Waals surface area contributed by atoms with Crippen molar-refractivity contribution in [2.75, 3.05) is 13.2 Å². The molecule has 0 aromatic heterocycles. The van der Waals surface area contributed by atoms with E-state index in [1.807, 2.05) is 133 Å². The van der Waals surface area contributed by atoms with Crippen LogP contribution in [0.5, 0.6) is 0 Å². The lowest BCUT2D eigenvalue weighted by molar-refractivity contribution is -0.140. The van der Waals surface area contributed by atoms with Gasteiger partial charge < -0.3 is 19.7 Å². The standard InChI is InChI=1S/C44H42N2O4P2/c47-43(45-37(31-35-19-7-1-8-20-35)33-49-51(39-23-11-3-12-24-39)40-25-13-4-14-26-40)44(48)46-38(32-36-21-9-2-10-22-36)34-50-52(41-27-15-5-16-28-41)42-29-17-6-18-30-42/h1-30,37-38H,31-34H2,(H,45,47)(H,46,48)/t37-,38-/m0/s1. The van der Waals surface area contributed by atoms with Crippen molar-refractivity contribution in [3.05, 3.63) is 193 Å². The first-order valence-corrected chi connectivity index (χ1v) is 19.9. The van der Waals surface area contributed by atoms with Crippen LogP contribution >= 0.6 is 16.3 Å². The van der Waals surface area contributed by atoms with E-state index in [2.05, 4.69) is 59.2 Å². The van der Waals surface area contributed by atoms with Gasteiger partial charge in [0.25, 0.3) is 0 Å². The monoisotopic (exact) mass is 724 g/mol. The van der Waals surface area contributed by atoms with E-state index in [9.17, 15) is 9.59 Å². The van der Waals surface area contributed by atoms with Crippen molar-refractivity contribution in [3.8, 4) is 0 Å². The fourth-order valence-corrected chi connectivity index (χ4v) is 9.40. The van der Waals surface area contributed by atoms with E-state index < -0.39 is 40.2 Å². The summed E-state index contributed by atoms with van der Waals surface area (Å²) in [6.45, 7) is 0.441. The summed E-state index contributed by atoms with van der Waals surface area (Å²) < 4.78 is 13.3. The molecule has 6 rings (SSSR count). The van der Waals surface area contributed by atoms with Crippen molar-refractivity contribution in [2.45, 2.75) is 24.9 Å². The first-order chi connectivity index (χ1) is 25.6. The molecule has 0 spiro atoms. The smallest absolute Gasteiger partial charge is 0.309 e. The zero-order chi connectivity index (χ0) is 35.8. The van der Waals surface area contributed by atoms with Gasteiger partial charge in [0.05, 0.1) is 41.6 Å². The zero-order valence-electron chi connectivity index (χ0n) is 28.8. The third-order valence-corrected chi connectivity index (χ3v) is 12.2. The Hall–Kier alpha value is -4.96. The molecule has 2 amide bonds. The second-order valence-electron chi connectivity index (χ2n) is 12.2. The van der Waals surface area contributed by atoms with Gasteiger partial charge in [-0.15, -0.1) is 0 Å². The maximum Gasteiger partial charge on any atom is 0.309 e. The predicted octanol–water partition coefficient (Wildman–Crippen LogP) is 6.57. The number of nitrogens with one attached hydrogen (secondary N) is 2. The molecular formula is C44H42N2O4P2. The second kappa shape index (κ2) is 19.6. The average molecular weight is 725 g/mol. The van der Waals surface area contributed by atoms with E-state index >= 15 is 0 Å². The van der Waals surface area contributed by atoms with E-state index in [4.69, 9.17) is 9.05 Å². The van der Waals surface area contributed by atoms with E-state index in [1.165, 1.54) is 0 Å². The van der Waals surface area contributed by atoms with Gasteiger partial charge in [-0.3, -0.25) is 9.59 Å². The Kier molecular flexibility index (Phi) is 13.9. The lowest BCUT2D eigenvalue weighted by atomic mass is 10.1. The van der Waals surface area contributed by atoms with Gasteiger partial charge in [0.2, 0.25) is 0 Å². The Morgan fingerprint density at radius 2 is 0.654 bits per heavy atom. The van der Waals surface area contributed by atoms with Crippen LogP contribution in [0.4, 0.5) is 0 Å². The maximum atomic E-state index is 13.7. The van der Waals surface area contributed by atoms with E-state index in [0.29, 0.717) is 12.8 Å². The highest BCUT2D eigenvalue weighted by atomic mass is 31.1. The SMILES string of the molecule is O=C(N[C@H](COP(c1ccccc1)c1ccccc1)Cc1ccccc1)C(=O)N[C@H](COP(c1ccccc1)c1ccccc1)Cc1ccccc1. The molecule has 0 radical (unpaired) electrons. The van der Waals surface area contributed by atoms with Crippen LogP contribution in [-0.4, -0.2) is 37.1 Å². The average Bonchev–Trinajstić information content (AvgIpc) is 3.20. The lowest BCUT2D eigenvalue weighted by Gasteiger charge is -2.25. The summed E-state index contributed by atoms with van der Waals surface area (Å²) in [4.78, 5) is 27.4. The second-order valence-corrected chi connectivity index (χ2v) is 16.0. The number of benzene rings is 6. The van der Waals surface area contributed by atoms with Crippen molar-refractivity contribution in [1.29, 1.82) is 0 Å². The molecule has 52 heavy (non-hydrogen) atoms. The van der Waals surface area contributed by atoms with E-state index in [1.54, 1.807) is 0 Å². The zero-order valence-corrected chi connectivity index (χ0v) is 30.6. The number of hydrogen-bond acceptors (Lipinski definition) is 4. The summed E-state index contributed by atoms with van der Waals surface area (Å²) in [5.41, 5.74) is 2.07. The van der Waals surface area contributed by atoms with Crippen LogP contribution in [0.3, 0.4) is 0 Å². The number of rotatable bonds is 16. The minimum Gasteiger partial charge on any atom is -0.347 e. The van der Waals surface area contributed by atoms with Crippen molar-refractivity contribution in [2.24, 2.45) is 0 Å². The molecule has 0 unspecified atom stereocenters. The van der Waals surface area contributed by atoms with Crippen LogP contribution in [-0.2, 0) is 31.5 Å². The normalized spacial score (nSPS) is 12.3. The van der Waals surface area contributed by atoms with Crippen LogP contribution in [0.15, 0.2) is 182 Å². The summed E-state index contributed by atoms with van der Waals surface area (Å²) in [5, 5.41) is 10.3. The number of carbonyl (C=O) groups excluding carboxylic acids is 2. The molecule has 0 aliphatic heterocycles. The van der Waals surface area contributed by atoms with Crippen molar-refractivity contribution in [1.82, 2.24) is 10.6 Å². The van der Waals surface area contributed by atoms with Crippen LogP contribution in [0.2, 0.25) is 0 Å². The minimum atomic E-state index is -1.16. The highest BCUT2D eigenvalue weighted by molar-refractivity contribution is 7.68. The molecule has 6 aromatic carbocycles. The first kappa shape index (κ1) is 36.8. The first-order valence-electron chi connectivity index (χ1n) is 17.4. The van der Waals surface area contributed by atoms with E-state index in [0.717, 1.165) is 32.3 Å².